The topological polar surface area (TPSA) is 88.9 Å². The van der Waals surface area contributed by atoms with Gasteiger partial charge in [0.15, 0.2) is 0 Å². The number of carbonyl (C=O) groups excluding carboxylic acids is 2. The molecule has 3 aromatic carbocycles. The average Bonchev–Trinajstić information content (AvgIpc) is 2.91. The molecule has 1 aliphatic heterocycles. The van der Waals surface area contributed by atoms with Gasteiger partial charge in [-0.15, -0.1) is 0 Å². The Bertz CT molecular complexity index is 1230. The number of esters is 1. The summed E-state index contributed by atoms with van der Waals surface area (Å²) in [6.45, 7) is 0.0795. The molecule has 1 saturated heterocycles. The number of para-hydroxylation sites is 1. The molecular formula is C28H26N2O5. The lowest BCUT2D eigenvalue weighted by Gasteiger charge is -2.40. The van der Waals surface area contributed by atoms with E-state index in [4.69, 9.17) is 19.5 Å². The highest BCUT2D eigenvalue weighted by molar-refractivity contribution is 5.97. The first-order chi connectivity index (χ1) is 17.0. The second kappa shape index (κ2) is 10.7. The van der Waals surface area contributed by atoms with Crippen molar-refractivity contribution in [1.29, 1.82) is 5.26 Å². The fraction of sp³-hybridized carbons (Fsp3) is 0.250. The Morgan fingerprint density at radius 3 is 2.37 bits per heavy atom. The number of anilines is 1. The van der Waals surface area contributed by atoms with E-state index < -0.39 is 17.9 Å². The number of benzene rings is 3. The highest BCUT2D eigenvalue weighted by atomic mass is 16.5. The molecule has 0 spiro atoms. The number of hydrogen-bond donors (Lipinski definition) is 0. The van der Waals surface area contributed by atoms with E-state index in [1.807, 2.05) is 36.4 Å². The summed E-state index contributed by atoms with van der Waals surface area (Å²) in [5.74, 6) is 0.198. The molecule has 0 bridgehead atoms. The molecule has 7 nitrogen and oxygen atoms in total. The maximum Gasteiger partial charge on any atom is 0.311 e. The molecular weight excluding hydrogens is 444 g/mol. The largest absolute Gasteiger partial charge is 0.497 e. The zero-order valence-electron chi connectivity index (χ0n) is 19.6. The molecule has 7 heteroatoms. The van der Waals surface area contributed by atoms with E-state index in [0.29, 0.717) is 29.2 Å². The zero-order valence-corrected chi connectivity index (χ0v) is 19.6. The van der Waals surface area contributed by atoms with Crippen molar-refractivity contribution in [3.05, 3.63) is 89.5 Å². The Kier molecular flexibility index (Phi) is 7.32. The van der Waals surface area contributed by atoms with Gasteiger partial charge in [-0.2, -0.15) is 5.26 Å². The van der Waals surface area contributed by atoms with Gasteiger partial charge < -0.3 is 19.1 Å². The number of piperidine rings is 1. The van der Waals surface area contributed by atoms with E-state index in [1.165, 1.54) is 0 Å². The van der Waals surface area contributed by atoms with E-state index in [-0.39, 0.29) is 18.9 Å². The summed E-state index contributed by atoms with van der Waals surface area (Å²) in [7, 11) is 3.15. The van der Waals surface area contributed by atoms with Crippen molar-refractivity contribution >= 4 is 17.6 Å². The Morgan fingerprint density at radius 1 is 1.00 bits per heavy atom. The van der Waals surface area contributed by atoms with E-state index >= 15 is 0 Å². The van der Waals surface area contributed by atoms with Crippen LogP contribution in [0.1, 0.15) is 35.6 Å². The molecule has 178 valence electrons. The van der Waals surface area contributed by atoms with Crippen LogP contribution in [-0.2, 0) is 20.9 Å². The summed E-state index contributed by atoms with van der Waals surface area (Å²) in [6.07, 6.45) is 0.578. The molecule has 1 fully saturated rings. The molecule has 2 unspecified atom stereocenters. The van der Waals surface area contributed by atoms with Crippen LogP contribution in [0.15, 0.2) is 72.8 Å². The van der Waals surface area contributed by atoms with Gasteiger partial charge >= 0.3 is 5.97 Å². The normalized spacial score (nSPS) is 17.4. The zero-order chi connectivity index (χ0) is 24.8. The van der Waals surface area contributed by atoms with E-state index in [2.05, 4.69) is 6.07 Å². The van der Waals surface area contributed by atoms with Crippen molar-refractivity contribution in [3.8, 4) is 17.6 Å². The second-order valence-electron chi connectivity index (χ2n) is 8.21. The van der Waals surface area contributed by atoms with Crippen LogP contribution in [0.4, 0.5) is 5.69 Å². The van der Waals surface area contributed by atoms with Gasteiger partial charge in [0.05, 0.1) is 37.8 Å². The molecule has 3 aromatic rings. The molecule has 4 rings (SSSR count). The van der Waals surface area contributed by atoms with Crippen LogP contribution in [-0.4, -0.2) is 26.1 Å². The lowest BCUT2D eigenvalue weighted by Crippen LogP contribution is -2.46. The Morgan fingerprint density at radius 2 is 1.71 bits per heavy atom. The van der Waals surface area contributed by atoms with Gasteiger partial charge in [0.1, 0.15) is 18.1 Å². The van der Waals surface area contributed by atoms with Crippen molar-refractivity contribution in [3.63, 3.8) is 0 Å². The molecule has 2 atom stereocenters. The van der Waals surface area contributed by atoms with E-state index in [1.54, 1.807) is 55.5 Å². The van der Waals surface area contributed by atoms with Crippen molar-refractivity contribution in [2.75, 3.05) is 19.1 Å². The Hall–Kier alpha value is -4.31. The second-order valence-corrected chi connectivity index (χ2v) is 8.21. The molecule has 0 saturated carbocycles. The fourth-order valence-corrected chi connectivity index (χ4v) is 4.39. The minimum atomic E-state index is -0.603. The first-order valence-electron chi connectivity index (χ1n) is 11.3. The number of nitrogens with zero attached hydrogens (tertiary/aromatic N) is 2. The van der Waals surface area contributed by atoms with Crippen molar-refractivity contribution < 1.29 is 23.8 Å². The molecule has 0 N–H and O–H groups in total. The molecule has 0 aliphatic carbocycles. The maximum atomic E-state index is 13.4. The summed E-state index contributed by atoms with van der Waals surface area (Å²) < 4.78 is 16.6. The predicted molar refractivity (Wildman–Crippen MR) is 130 cm³/mol. The Balaban J connectivity index is 1.67. The number of amides is 1. The van der Waals surface area contributed by atoms with Gasteiger partial charge in [-0.05, 0) is 54.4 Å². The van der Waals surface area contributed by atoms with Gasteiger partial charge in [0.2, 0.25) is 5.91 Å². The standard InChI is InChI=1S/C28H26N2O5/c1-33-22-13-11-21(12-14-22)30-26(31)16-15-24(27(30)23-5-3-4-6-25(23)34-2)28(32)35-18-20-9-7-19(17-29)8-10-20/h3-14,24,27H,15-16,18H2,1-2H3. The van der Waals surface area contributed by atoms with Crippen LogP contribution < -0.4 is 14.4 Å². The van der Waals surface area contributed by atoms with Crippen LogP contribution in [0, 0.1) is 17.2 Å². The van der Waals surface area contributed by atoms with Crippen LogP contribution >= 0.6 is 0 Å². The number of rotatable bonds is 7. The molecule has 1 heterocycles. The van der Waals surface area contributed by atoms with Crippen LogP contribution in [0.5, 0.6) is 11.5 Å². The summed E-state index contributed by atoms with van der Waals surface area (Å²) in [5, 5.41) is 8.98. The van der Waals surface area contributed by atoms with Crippen LogP contribution in [0.25, 0.3) is 0 Å². The maximum absolute atomic E-state index is 13.4. The molecule has 1 amide bonds. The summed E-state index contributed by atoms with van der Waals surface area (Å²) in [5.41, 5.74) is 2.72. The fourth-order valence-electron chi connectivity index (χ4n) is 4.39. The van der Waals surface area contributed by atoms with Crippen molar-refractivity contribution in [2.45, 2.75) is 25.5 Å². The highest BCUT2D eigenvalue weighted by Gasteiger charge is 2.43. The third kappa shape index (κ3) is 5.12. The first-order valence-corrected chi connectivity index (χ1v) is 11.3. The molecule has 35 heavy (non-hydrogen) atoms. The number of carbonyl (C=O) groups is 2. The van der Waals surface area contributed by atoms with Crippen molar-refractivity contribution in [2.24, 2.45) is 5.92 Å². The SMILES string of the molecule is COc1ccc(N2C(=O)CCC(C(=O)OCc3ccc(C#N)cc3)C2c2ccccc2OC)cc1. The summed E-state index contributed by atoms with van der Waals surface area (Å²) in [6, 6.07) is 23.0. The third-order valence-corrected chi connectivity index (χ3v) is 6.17. The highest BCUT2D eigenvalue weighted by Crippen LogP contribution is 2.43. The Labute approximate surface area is 204 Å². The summed E-state index contributed by atoms with van der Waals surface area (Å²) in [4.78, 5) is 28.3. The van der Waals surface area contributed by atoms with Crippen LogP contribution in [0.3, 0.4) is 0 Å². The molecule has 1 aliphatic rings. The number of methoxy groups -OCH3 is 2. The quantitative estimate of drug-likeness (QED) is 0.461. The molecule has 0 aromatic heterocycles. The predicted octanol–water partition coefficient (Wildman–Crippen LogP) is 4.80. The molecule has 0 radical (unpaired) electrons. The third-order valence-electron chi connectivity index (χ3n) is 6.17. The van der Waals surface area contributed by atoms with E-state index in [0.717, 1.165) is 11.1 Å². The minimum Gasteiger partial charge on any atom is -0.497 e. The first kappa shape index (κ1) is 23.8. The van der Waals surface area contributed by atoms with Gasteiger partial charge in [0.25, 0.3) is 0 Å². The number of hydrogen-bond acceptors (Lipinski definition) is 6. The lowest BCUT2D eigenvalue weighted by molar-refractivity contribution is -0.152. The number of ether oxygens (including phenoxy) is 3. The van der Waals surface area contributed by atoms with Gasteiger partial charge in [-0.25, -0.2) is 0 Å². The lowest BCUT2D eigenvalue weighted by atomic mass is 9.83. The van der Waals surface area contributed by atoms with Gasteiger partial charge in [0, 0.05) is 17.7 Å². The van der Waals surface area contributed by atoms with Gasteiger partial charge in [-0.3, -0.25) is 9.59 Å². The van der Waals surface area contributed by atoms with Crippen LogP contribution in [0.2, 0.25) is 0 Å². The summed E-state index contributed by atoms with van der Waals surface area (Å²) >= 11 is 0. The monoisotopic (exact) mass is 470 g/mol. The van der Waals surface area contributed by atoms with Gasteiger partial charge in [-0.1, -0.05) is 30.3 Å². The minimum absolute atomic E-state index is 0.0795. The number of nitriles is 1. The average molecular weight is 471 g/mol. The van der Waals surface area contributed by atoms with E-state index in [9.17, 15) is 9.59 Å². The van der Waals surface area contributed by atoms with Crippen molar-refractivity contribution in [1.82, 2.24) is 0 Å². The smallest absolute Gasteiger partial charge is 0.311 e.